The molecule has 1 aliphatic rings. The standard InChI is InChI=1S/C21H17N3O3/c1-12-19-15(11-17(18-7-4-10-26-18)23-21(19)27-24-12)20(25)22-16-9-8-13-5-2-3-6-14(13)16/h2-7,10-11,16H,8-9H2,1H3,(H,22,25). The molecule has 1 N–H and O–H groups in total. The molecule has 3 aromatic heterocycles. The minimum absolute atomic E-state index is 0.00384. The Labute approximate surface area is 155 Å². The Hall–Kier alpha value is -3.41. The lowest BCUT2D eigenvalue weighted by Gasteiger charge is -2.15. The normalized spacial score (nSPS) is 15.8. The summed E-state index contributed by atoms with van der Waals surface area (Å²) in [6.45, 7) is 1.81. The monoisotopic (exact) mass is 359 g/mol. The predicted octanol–water partition coefficient (Wildman–Crippen LogP) is 4.21. The van der Waals surface area contributed by atoms with Gasteiger partial charge in [0.05, 0.1) is 28.9 Å². The molecular formula is C21H17N3O3. The Morgan fingerprint density at radius 1 is 1.22 bits per heavy atom. The largest absolute Gasteiger partial charge is 0.463 e. The fraction of sp³-hybridized carbons (Fsp3) is 0.190. The molecule has 1 aliphatic carbocycles. The van der Waals surface area contributed by atoms with E-state index in [4.69, 9.17) is 8.94 Å². The first-order valence-electron chi connectivity index (χ1n) is 8.90. The Morgan fingerprint density at radius 3 is 2.96 bits per heavy atom. The molecule has 3 heterocycles. The number of benzene rings is 1. The van der Waals surface area contributed by atoms with Crippen molar-refractivity contribution in [3.05, 3.63) is 71.1 Å². The lowest BCUT2D eigenvalue weighted by Crippen LogP contribution is -2.27. The van der Waals surface area contributed by atoms with Gasteiger partial charge >= 0.3 is 0 Å². The fourth-order valence-corrected chi connectivity index (χ4v) is 3.77. The van der Waals surface area contributed by atoms with Crippen molar-refractivity contribution in [2.75, 3.05) is 0 Å². The molecule has 1 atom stereocenters. The maximum absolute atomic E-state index is 13.2. The molecule has 0 aliphatic heterocycles. The van der Waals surface area contributed by atoms with E-state index < -0.39 is 0 Å². The summed E-state index contributed by atoms with van der Waals surface area (Å²) in [4.78, 5) is 17.6. The summed E-state index contributed by atoms with van der Waals surface area (Å²) in [5, 5.41) is 7.78. The molecule has 0 spiro atoms. The van der Waals surface area contributed by atoms with Gasteiger partial charge in [0.15, 0.2) is 5.76 Å². The number of aromatic nitrogens is 2. The molecule has 27 heavy (non-hydrogen) atoms. The first-order chi connectivity index (χ1) is 13.2. The number of rotatable bonds is 3. The summed E-state index contributed by atoms with van der Waals surface area (Å²) in [6, 6.07) is 13.6. The molecule has 0 bridgehead atoms. The van der Waals surface area contributed by atoms with Crippen LogP contribution in [-0.4, -0.2) is 16.0 Å². The van der Waals surface area contributed by atoms with E-state index in [0.717, 1.165) is 12.8 Å². The molecule has 6 nitrogen and oxygen atoms in total. The van der Waals surface area contributed by atoms with Crippen LogP contribution in [0.25, 0.3) is 22.6 Å². The number of furan rings is 1. The summed E-state index contributed by atoms with van der Waals surface area (Å²) in [5.41, 5.74) is 4.48. The van der Waals surface area contributed by atoms with Crippen molar-refractivity contribution in [1.29, 1.82) is 0 Å². The number of carbonyl (C=O) groups excluding carboxylic acids is 1. The van der Waals surface area contributed by atoms with Gasteiger partial charge in [0, 0.05) is 0 Å². The van der Waals surface area contributed by atoms with E-state index in [0.29, 0.717) is 33.8 Å². The third-order valence-electron chi connectivity index (χ3n) is 5.07. The van der Waals surface area contributed by atoms with Crippen molar-refractivity contribution in [3.8, 4) is 11.5 Å². The highest BCUT2D eigenvalue weighted by molar-refractivity contribution is 6.07. The number of nitrogens with zero attached hydrogens (tertiary/aromatic N) is 2. The third kappa shape index (κ3) is 2.61. The number of aryl methyl sites for hydroxylation is 2. The smallest absolute Gasteiger partial charge is 0.259 e. The average Bonchev–Trinajstić information content (AvgIpc) is 3.42. The summed E-state index contributed by atoms with van der Waals surface area (Å²) >= 11 is 0. The molecule has 1 unspecified atom stereocenters. The Balaban J connectivity index is 1.56. The highest BCUT2D eigenvalue weighted by Gasteiger charge is 2.26. The summed E-state index contributed by atoms with van der Waals surface area (Å²) < 4.78 is 10.8. The van der Waals surface area contributed by atoms with Crippen molar-refractivity contribution in [3.63, 3.8) is 0 Å². The Bertz CT molecular complexity index is 1140. The molecule has 5 rings (SSSR count). The second-order valence-corrected chi connectivity index (χ2v) is 6.74. The van der Waals surface area contributed by atoms with E-state index in [1.54, 1.807) is 24.5 Å². The number of hydrogen-bond donors (Lipinski definition) is 1. The van der Waals surface area contributed by atoms with Crippen LogP contribution in [0, 0.1) is 6.92 Å². The Kier molecular flexibility index (Phi) is 3.57. The first-order valence-corrected chi connectivity index (χ1v) is 8.90. The van der Waals surface area contributed by atoms with Gasteiger partial charge in [-0.2, -0.15) is 0 Å². The number of nitrogens with one attached hydrogen (secondary N) is 1. The van der Waals surface area contributed by atoms with E-state index >= 15 is 0 Å². The van der Waals surface area contributed by atoms with E-state index in [1.807, 2.05) is 19.1 Å². The number of pyridine rings is 1. The number of fused-ring (bicyclic) bond motifs is 2. The molecular weight excluding hydrogens is 342 g/mol. The zero-order valence-corrected chi connectivity index (χ0v) is 14.7. The molecule has 0 fully saturated rings. The van der Waals surface area contributed by atoms with Crippen molar-refractivity contribution in [2.24, 2.45) is 0 Å². The van der Waals surface area contributed by atoms with Crippen molar-refractivity contribution in [1.82, 2.24) is 15.5 Å². The van der Waals surface area contributed by atoms with Crippen LogP contribution in [0.15, 0.2) is 57.7 Å². The Morgan fingerprint density at radius 2 is 2.11 bits per heavy atom. The topological polar surface area (TPSA) is 81.2 Å². The quantitative estimate of drug-likeness (QED) is 0.593. The highest BCUT2D eigenvalue weighted by atomic mass is 16.5. The SMILES string of the molecule is Cc1noc2nc(-c3ccco3)cc(C(=O)NC3CCc4ccccc43)c12. The van der Waals surface area contributed by atoms with Gasteiger partial charge < -0.3 is 14.3 Å². The minimum atomic E-state index is -0.164. The van der Waals surface area contributed by atoms with Gasteiger partial charge in [-0.05, 0) is 49.1 Å². The molecule has 0 radical (unpaired) electrons. The average molecular weight is 359 g/mol. The van der Waals surface area contributed by atoms with Crippen LogP contribution >= 0.6 is 0 Å². The number of hydrogen-bond acceptors (Lipinski definition) is 5. The second kappa shape index (κ2) is 6.09. The molecule has 6 heteroatoms. The first kappa shape index (κ1) is 15.8. The zero-order valence-electron chi connectivity index (χ0n) is 14.7. The van der Waals surface area contributed by atoms with Crippen molar-refractivity contribution >= 4 is 17.0 Å². The van der Waals surface area contributed by atoms with Crippen LogP contribution in [0.3, 0.4) is 0 Å². The molecule has 0 saturated heterocycles. The summed E-state index contributed by atoms with van der Waals surface area (Å²) in [6.07, 6.45) is 3.44. The maximum Gasteiger partial charge on any atom is 0.259 e. The molecule has 0 saturated carbocycles. The minimum Gasteiger partial charge on any atom is -0.463 e. The number of amides is 1. The summed E-state index contributed by atoms with van der Waals surface area (Å²) in [5.74, 6) is 0.412. The second-order valence-electron chi connectivity index (χ2n) is 6.74. The predicted molar refractivity (Wildman–Crippen MR) is 99.2 cm³/mol. The van der Waals surface area contributed by atoms with Gasteiger partial charge in [0.2, 0.25) is 0 Å². The van der Waals surface area contributed by atoms with Gasteiger partial charge in [-0.25, -0.2) is 4.98 Å². The number of carbonyl (C=O) groups is 1. The van der Waals surface area contributed by atoms with Gasteiger partial charge in [-0.15, -0.1) is 0 Å². The molecule has 1 amide bonds. The van der Waals surface area contributed by atoms with E-state index in [-0.39, 0.29) is 11.9 Å². The summed E-state index contributed by atoms with van der Waals surface area (Å²) in [7, 11) is 0. The lowest BCUT2D eigenvalue weighted by molar-refractivity contribution is 0.0938. The maximum atomic E-state index is 13.2. The lowest BCUT2D eigenvalue weighted by atomic mass is 10.1. The van der Waals surface area contributed by atoms with Crippen LogP contribution in [0.4, 0.5) is 0 Å². The van der Waals surface area contributed by atoms with Crippen LogP contribution in [-0.2, 0) is 6.42 Å². The van der Waals surface area contributed by atoms with Crippen LogP contribution in [0.1, 0.15) is 39.6 Å². The van der Waals surface area contributed by atoms with Crippen LogP contribution < -0.4 is 5.32 Å². The highest BCUT2D eigenvalue weighted by Crippen LogP contribution is 2.32. The molecule has 134 valence electrons. The third-order valence-corrected chi connectivity index (χ3v) is 5.07. The van der Waals surface area contributed by atoms with Crippen molar-refractivity contribution in [2.45, 2.75) is 25.8 Å². The van der Waals surface area contributed by atoms with Crippen LogP contribution in [0.5, 0.6) is 0 Å². The van der Waals surface area contributed by atoms with Crippen LogP contribution in [0.2, 0.25) is 0 Å². The van der Waals surface area contributed by atoms with Gasteiger partial charge in [0.1, 0.15) is 5.69 Å². The van der Waals surface area contributed by atoms with E-state index in [9.17, 15) is 4.79 Å². The zero-order chi connectivity index (χ0) is 18.4. The van der Waals surface area contributed by atoms with E-state index in [2.05, 4.69) is 27.6 Å². The van der Waals surface area contributed by atoms with E-state index in [1.165, 1.54) is 11.1 Å². The fourth-order valence-electron chi connectivity index (χ4n) is 3.77. The van der Waals surface area contributed by atoms with Crippen molar-refractivity contribution < 1.29 is 13.7 Å². The van der Waals surface area contributed by atoms with Gasteiger partial charge in [-0.3, -0.25) is 4.79 Å². The molecule has 1 aromatic carbocycles. The van der Waals surface area contributed by atoms with Gasteiger partial charge in [0.25, 0.3) is 11.6 Å². The molecule has 4 aromatic rings. The van der Waals surface area contributed by atoms with Gasteiger partial charge in [-0.1, -0.05) is 29.4 Å².